The first kappa shape index (κ1) is 16.2. The van der Waals surface area contributed by atoms with E-state index in [1.807, 2.05) is 30.5 Å². The van der Waals surface area contributed by atoms with E-state index in [9.17, 15) is 0 Å². The third-order valence-electron chi connectivity index (χ3n) is 3.95. The molecule has 118 valence electrons. The van der Waals surface area contributed by atoms with Gasteiger partial charge in [-0.3, -0.25) is 0 Å². The molecule has 1 aromatic heterocycles. The van der Waals surface area contributed by atoms with Gasteiger partial charge in [0, 0.05) is 17.8 Å². The maximum absolute atomic E-state index is 5.96. The van der Waals surface area contributed by atoms with E-state index in [0.29, 0.717) is 0 Å². The SMILES string of the molecule is Cc1ccc(C)c(CSc2ncc(-c3ccc(Cl)cc3)n2C)c1. The van der Waals surface area contributed by atoms with E-state index in [0.717, 1.165) is 27.2 Å². The highest BCUT2D eigenvalue weighted by Gasteiger charge is 2.10. The molecule has 0 N–H and O–H groups in total. The zero-order chi connectivity index (χ0) is 16.4. The lowest BCUT2D eigenvalue weighted by molar-refractivity contribution is 0.796. The van der Waals surface area contributed by atoms with Gasteiger partial charge in [-0.05, 0) is 42.7 Å². The van der Waals surface area contributed by atoms with Gasteiger partial charge in [0.15, 0.2) is 5.16 Å². The van der Waals surface area contributed by atoms with E-state index < -0.39 is 0 Å². The number of nitrogens with zero attached hydrogens (tertiary/aromatic N) is 2. The first-order chi connectivity index (χ1) is 11.0. The Balaban J connectivity index is 1.79. The number of halogens is 1. The molecule has 2 aromatic carbocycles. The molecule has 23 heavy (non-hydrogen) atoms. The Kier molecular flexibility index (Phi) is 4.79. The van der Waals surface area contributed by atoms with Gasteiger partial charge < -0.3 is 4.57 Å². The molecule has 3 rings (SSSR count). The average molecular weight is 343 g/mol. The predicted octanol–water partition coefficient (Wildman–Crippen LogP) is 5.65. The summed E-state index contributed by atoms with van der Waals surface area (Å²) in [5, 5.41) is 1.77. The normalized spacial score (nSPS) is 11.0. The molecule has 0 bridgehead atoms. The molecule has 0 aliphatic rings. The highest BCUT2D eigenvalue weighted by atomic mass is 35.5. The van der Waals surface area contributed by atoms with Crippen molar-refractivity contribution in [1.82, 2.24) is 9.55 Å². The van der Waals surface area contributed by atoms with Crippen molar-refractivity contribution in [2.75, 3.05) is 0 Å². The molecule has 0 spiro atoms. The average Bonchev–Trinajstić information content (AvgIpc) is 2.90. The van der Waals surface area contributed by atoms with Crippen molar-refractivity contribution in [1.29, 1.82) is 0 Å². The lowest BCUT2D eigenvalue weighted by Crippen LogP contribution is -1.95. The van der Waals surface area contributed by atoms with Crippen LogP contribution in [0.25, 0.3) is 11.3 Å². The molecular formula is C19H19ClN2S. The molecule has 0 fully saturated rings. The molecule has 2 nitrogen and oxygen atoms in total. The minimum absolute atomic E-state index is 0.750. The number of thioether (sulfide) groups is 1. The highest BCUT2D eigenvalue weighted by Crippen LogP contribution is 2.28. The van der Waals surface area contributed by atoms with E-state index >= 15 is 0 Å². The summed E-state index contributed by atoms with van der Waals surface area (Å²) in [5.74, 6) is 0.929. The van der Waals surface area contributed by atoms with Gasteiger partial charge in [-0.2, -0.15) is 0 Å². The van der Waals surface area contributed by atoms with Crippen LogP contribution in [0.3, 0.4) is 0 Å². The quantitative estimate of drug-likeness (QED) is 0.570. The number of imidazole rings is 1. The summed E-state index contributed by atoms with van der Waals surface area (Å²) in [5.41, 5.74) is 6.22. The summed E-state index contributed by atoms with van der Waals surface area (Å²) < 4.78 is 2.14. The fraction of sp³-hybridized carbons (Fsp3) is 0.211. The Morgan fingerprint density at radius 3 is 2.57 bits per heavy atom. The molecule has 0 aliphatic carbocycles. The molecule has 1 heterocycles. The van der Waals surface area contributed by atoms with Crippen molar-refractivity contribution in [3.63, 3.8) is 0 Å². The summed E-state index contributed by atoms with van der Waals surface area (Å²) in [7, 11) is 2.06. The van der Waals surface area contributed by atoms with E-state index in [1.54, 1.807) is 11.8 Å². The largest absolute Gasteiger partial charge is 0.322 e. The first-order valence-electron chi connectivity index (χ1n) is 7.51. The zero-order valence-electron chi connectivity index (χ0n) is 13.5. The molecule has 0 unspecified atom stereocenters. The van der Waals surface area contributed by atoms with Crippen LogP contribution in [-0.2, 0) is 12.8 Å². The van der Waals surface area contributed by atoms with Crippen LogP contribution in [0, 0.1) is 13.8 Å². The van der Waals surface area contributed by atoms with Gasteiger partial charge in [-0.25, -0.2) is 4.98 Å². The van der Waals surface area contributed by atoms with Crippen LogP contribution in [0.2, 0.25) is 5.02 Å². The fourth-order valence-electron chi connectivity index (χ4n) is 2.51. The smallest absolute Gasteiger partial charge is 0.168 e. The van der Waals surface area contributed by atoms with E-state index in [4.69, 9.17) is 11.6 Å². The number of aromatic nitrogens is 2. The van der Waals surface area contributed by atoms with Crippen LogP contribution >= 0.6 is 23.4 Å². The maximum Gasteiger partial charge on any atom is 0.168 e. The molecule has 3 aromatic rings. The third kappa shape index (κ3) is 3.62. The molecule has 0 radical (unpaired) electrons. The number of hydrogen-bond donors (Lipinski definition) is 0. The summed E-state index contributed by atoms with van der Waals surface area (Å²) in [6.45, 7) is 4.29. The lowest BCUT2D eigenvalue weighted by Gasteiger charge is -2.08. The standard InChI is InChI=1S/C19H19ClN2S/c1-13-4-5-14(2)16(10-13)12-23-19-21-11-18(22(19)3)15-6-8-17(20)9-7-15/h4-11H,12H2,1-3H3. The van der Waals surface area contributed by atoms with Gasteiger partial charge in [0.1, 0.15) is 0 Å². The van der Waals surface area contributed by atoms with Crippen molar-refractivity contribution < 1.29 is 0 Å². The Bertz CT molecular complexity index is 822. The second-order valence-corrected chi connectivity index (χ2v) is 7.09. The van der Waals surface area contributed by atoms with Crippen molar-refractivity contribution >= 4 is 23.4 Å². The van der Waals surface area contributed by atoms with Crippen molar-refractivity contribution in [2.45, 2.75) is 24.8 Å². The van der Waals surface area contributed by atoms with E-state index in [1.165, 1.54) is 16.7 Å². The van der Waals surface area contributed by atoms with Gasteiger partial charge in [0.05, 0.1) is 11.9 Å². The highest BCUT2D eigenvalue weighted by molar-refractivity contribution is 7.98. The number of rotatable bonds is 4. The molecule has 4 heteroatoms. The number of benzene rings is 2. The monoisotopic (exact) mass is 342 g/mol. The maximum atomic E-state index is 5.96. The lowest BCUT2D eigenvalue weighted by atomic mass is 10.1. The fourth-order valence-corrected chi connectivity index (χ4v) is 3.65. The van der Waals surface area contributed by atoms with Crippen molar-refractivity contribution in [2.24, 2.45) is 7.05 Å². The summed E-state index contributed by atoms with van der Waals surface area (Å²) in [6, 6.07) is 14.5. The van der Waals surface area contributed by atoms with Gasteiger partial charge >= 0.3 is 0 Å². The summed E-state index contributed by atoms with van der Waals surface area (Å²) >= 11 is 7.73. The van der Waals surface area contributed by atoms with E-state index in [-0.39, 0.29) is 0 Å². The molecule has 0 saturated carbocycles. The Morgan fingerprint density at radius 1 is 1.09 bits per heavy atom. The number of aryl methyl sites for hydroxylation is 2. The van der Waals surface area contributed by atoms with Crippen molar-refractivity contribution in [3.05, 3.63) is 70.4 Å². The molecule has 0 aliphatic heterocycles. The van der Waals surface area contributed by atoms with Crippen molar-refractivity contribution in [3.8, 4) is 11.3 Å². The van der Waals surface area contributed by atoms with Crippen LogP contribution in [0.15, 0.2) is 53.8 Å². The predicted molar refractivity (Wildman–Crippen MR) is 99.1 cm³/mol. The Labute approximate surface area is 146 Å². The third-order valence-corrected chi connectivity index (χ3v) is 5.29. The Hall–Kier alpha value is -1.71. The van der Waals surface area contributed by atoms with Gasteiger partial charge in [-0.1, -0.05) is 59.3 Å². The second kappa shape index (κ2) is 6.81. The molecule has 0 atom stereocenters. The number of hydrogen-bond acceptors (Lipinski definition) is 2. The van der Waals surface area contributed by atoms with Crippen LogP contribution in [0.1, 0.15) is 16.7 Å². The summed E-state index contributed by atoms with van der Waals surface area (Å²) in [4.78, 5) is 4.57. The van der Waals surface area contributed by atoms with Gasteiger partial charge in [-0.15, -0.1) is 0 Å². The van der Waals surface area contributed by atoms with Gasteiger partial charge in [0.2, 0.25) is 0 Å². The van der Waals surface area contributed by atoms with Crippen LogP contribution in [0.5, 0.6) is 0 Å². The Morgan fingerprint density at radius 2 is 1.83 bits per heavy atom. The van der Waals surface area contributed by atoms with Crippen LogP contribution < -0.4 is 0 Å². The van der Waals surface area contributed by atoms with Crippen LogP contribution in [0.4, 0.5) is 0 Å². The summed E-state index contributed by atoms with van der Waals surface area (Å²) in [6.07, 6.45) is 1.93. The molecule has 0 saturated heterocycles. The van der Waals surface area contributed by atoms with Crippen LogP contribution in [-0.4, -0.2) is 9.55 Å². The molecule has 0 amide bonds. The topological polar surface area (TPSA) is 17.8 Å². The minimum atomic E-state index is 0.750. The van der Waals surface area contributed by atoms with E-state index in [2.05, 4.69) is 48.6 Å². The van der Waals surface area contributed by atoms with Gasteiger partial charge in [0.25, 0.3) is 0 Å². The molecular weight excluding hydrogens is 324 g/mol. The zero-order valence-corrected chi connectivity index (χ0v) is 15.1. The first-order valence-corrected chi connectivity index (χ1v) is 8.87. The second-order valence-electron chi connectivity index (χ2n) is 5.71. The minimum Gasteiger partial charge on any atom is -0.322 e.